The minimum atomic E-state index is -0.487. The smallest absolute Gasteiger partial charge is 0.312 e. The summed E-state index contributed by atoms with van der Waals surface area (Å²) in [7, 11) is 7.64. The van der Waals surface area contributed by atoms with Crippen LogP contribution in [-0.2, 0) is 4.79 Å². The van der Waals surface area contributed by atoms with Crippen molar-refractivity contribution in [3.8, 4) is 45.6 Å². The number of esters is 1. The van der Waals surface area contributed by atoms with E-state index in [9.17, 15) is 9.59 Å². The average molecular weight is 519 g/mol. The van der Waals surface area contributed by atoms with Crippen molar-refractivity contribution in [2.45, 2.75) is 12.3 Å². The molecule has 0 saturated carbocycles. The monoisotopic (exact) mass is 518 g/mol. The highest BCUT2D eigenvalue weighted by atomic mass is 16.5. The Hall–Kier alpha value is -4.66. The predicted octanol–water partition coefficient (Wildman–Crippen LogP) is 4.94. The summed E-state index contributed by atoms with van der Waals surface area (Å²) in [6.45, 7) is 0. The third-order valence-electron chi connectivity index (χ3n) is 6.67. The summed E-state index contributed by atoms with van der Waals surface area (Å²) >= 11 is 0. The standard InChI is InChI=1S/C29H26O9/c1-32-20-8-6-15(10-22(20)33-2)19-14-37-28-17(27(19)31)7-9-21-26(28)18(13-25(30)38-21)16-11-23(34-3)29(36-5)24(12-16)35-4/h6-12,14,18H,13H2,1-5H3/t18-/m1/s1. The van der Waals surface area contributed by atoms with E-state index in [0.29, 0.717) is 62.2 Å². The fourth-order valence-electron chi connectivity index (χ4n) is 4.85. The Labute approximate surface area is 218 Å². The molecule has 0 spiro atoms. The molecule has 3 aromatic carbocycles. The number of ether oxygens (including phenoxy) is 6. The molecule has 0 radical (unpaired) electrons. The van der Waals surface area contributed by atoms with Gasteiger partial charge in [0.25, 0.3) is 0 Å². The quantitative estimate of drug-likeness (QED) is 0.248. The molecule has 0 aliphatic carbocycles. The molecule has 0 fully saturated rings. The first-order valence-corrected chi connectivity index (χ1v) is 11.7. The van der Waals surface area contributed by atoms with E-state index in [1.807, 2.05) is 0 Å². The van der Waals surface area contributed by atoms with Crippen LogP contribution in [0, 0.1) is 0 Å². The maximum atomic E-state index is 13.7. The largest absolute Gasteiger partial charge is 0.493 e. The number of carbonyl (C=O) groups is 1. The lowest BCUT2D eigenvalue weighted by Crippen LogP contribution is -2.22. The van der Waals surface area contributed by atoms with Crippen LogP contribution in [0.3, 0.4) is 0 Å². The SMILES string of the molecule is COc1ccc(-c2coc3c4c(ccc3c2=O)OC(=O)C[C@@H]4c2cc(OC)c(OC)c(OC)c2)cc1OC. The van der Waals surface area contributed by atoms with E-state index in [1.54, 1.807) is 49.6 Å². The van der Waals surface area contributed by atoms with Crippen LogP contribution in [0.25, 0.3) is 22.1 Å². The van der Waals surface area contributed by atoms with Crippen molar-refractivity contribution < 1.29 is 37.6 Å². The molecule has 9 heteroatoms. The van der Waals surface area contributed by atoms with Gasteiger partial charge in [0.15, 0.2) is 23.0 Å². The van der Waals surface area contributed by atoms with Gasteiger partial charge in [0.05, 0.1) is 52.9 Å². The van der Waals surface area contributed by atoms with Crippen LogP contribution in [0.5, 0.6) is 34.5 Å². The average Bonchev–Trinajstić information content (AvgIpc) is 2.95. The molecular weight excluding hydrogens is 492 g/mol. The normalized spacial score (nSPS) is 14.4. The van der Waals surface area contributed by atoms with Gasteiger partial charge in [-0.15, -0.1) is 0 Å². The Morgan fingerprint density at radius 2 is 1.45 bits per heavy atom. The van der Waals surface area contributed by atoms with Crippen LogP contribution < -0.4 is 33.8 Å². The van der Waals surface area contributed by atoms with Crippen molar-refractivity contribution in [2.75, 3.05) is 35.5 Å². The summed E-state index contributed by atoms with van der Waals surface area (Å²) in [5, 5.41) is 0.353. The summed E-state index contributed by atoms with van der Waals surface area (Å²) in [6.07, 6.45) is 1.45. The molecule has 1 aromatic heterocycles. The van der Waals surface area contributed by atoms with E-state index in [0.717, 1.165) is 5.56 Å². The Morgan fingerprint density at radius 3 is 2.08 bits per heavy atom. The number of methoxy groups -OCH3 is 5. The minimum absolute atomic E-state index is 0.0336. The first-order chi connectivity index (χ1) is 18.4. The second-order valence-electron chi connectivity index (χ2n) is 8.59. The lowest BCUT2D eigenvalue weighted by atomic mass is 9.84. The second kappa shape index (κ2) is 10.0. The van der Waals surface area contributed by atoms with Crippen molar-refractivity contribution in [3.63, 3.8) is 0 Å². The zero-order valence-electron chi connectivity index (χ0n) is 21.6. The van der Waals surface area contributed by atoms with Crippen LogP contribution in [0.15, 0.2) is 57.9 Å². The van der Waals surface area contributed by atoms with Gasteiger partial charge in [0.1, 0.15) is 17.6 Å². The van der Waals surface area contributed by atoms with Gasteiger partial charge in [-0.2, -0.15) is 0 Å². The maximum Gasteiger partial charge on any atom is 0.312 e. The molecule has 5 rings (SSSR count). The van der Waals surface area contributed by atoms with Crippen molar-refractivity contribution in [3.05, 3.63) is 70.1 Å². The van der Waals surface area contributed by atoms with Crippen LogP contribution in [0.1, 0.15) is 23.5 Å². The van der Waals surface area contributed by atoms with Crippen molar-refractivity contribution in [1.29, 1.82) is 0 Å². The number of benzene rings is 3. The molecule has 4 aromatic rings. The van der Waals surface area contributed by atoms with Gasteiger partial charge in [-0.05, 0) is 47.5 Å². The van der Waals surface area contributed by atoms with Crippen molar-refractivity contribution in [1.82, 2.24) is 0 Å². The van der Waals surface area contributed by atoms with E-state index < -0.39 is 11.9 Å². The third-order valence-corrected chi connectivity index (χ3v) is 6.67. The van der Waals surface area contributed by atoms with Gasteiger partial charge in [0.2, 0.25) is 11.2 Å². The van der Waals surface area contributed by atoms with E-state index >= 15 is 0 Å². The summed E-state index contributed by atoms with van der Waals surface area (Å²) in [4.78, 5) is 26.2. The van der Waals surface area contributed by atoms with E-state index in [-0.39, 0.29) is 11.8 Å². The highest BCUT2D eigenvalue weighted by Gasteiger charge is 2.33. The van der Waals surface area contributed by atoms with Gasteiger partial charge in [0, 0.05) is 11.5 Å². The Morgan fingerprint density at radius 1 is 0.763 bits per heavy atom. The summed E-state index contributed by atoms with van der Waals surface area (Å²) in [6, 6.07) is 12.0. The second-order valence-corrected chi connectivity index (χ2v) is 8.59. The van der Waals surface area contributed by atoms with Crippen LogP contribution in [0.4, 0.5) is 0 Å². The van der Waals surface area contributed by atoms with Crippen molar-refractivity contribution >= 4 is 16.9 Å². The summed E-state index contributed by atoms with van der Waals surface area (Å²) in [5.74, 6) is 1.80. The van der Waals surface area contributed by atoms with E-state index in [2.05, 4.69) is 0 Å². The van der Waals surface area contributed by atoms with Gasteiger partial charge in [-0.1, -0.05) is 6.07 Å². The van der Waals surface area contributed by atoms with Gasteiger partial charge >= 0.3 is 5.97 Å². The predicted molar refractivity (Wildman–Crippen MR) is 139 cm³/mol. The van der Waals surface area contributed by atoms with E-state index in [4.69, 9.17) is 32.8 Å². The lowest BCUT2D eigenvalue weighted by Gasteiger charge is -2.26. The molecule has 1 aliphatic rings. The van der Waals surface area contributed by atoms with E-state index in [1.165, 1.54) is 34.7 Å². The molecule has 0 bridgehead atoms. The van der Waals surface area contributed by atoms with Crippen LogP contribution in [0.2, 0.25) is 0 Å². The van der Waals surface area contributed by atoms with Gasteiger partial charge < -0.3 is 32.8 Å². The number of carbonyl (C=O) groups excluding carboxylic acids is 1. The zero-order valence-corrected chi connectivity index (χ0v) is 21.6. The highest BCUT2D eigenvalue weighted by Crippen LogP contribution is 2.47. The molecule has 9 nitrogen and oxygen atoms in total. The van der Waals surface area contributed by atoms with Crippen LogP contribution in [-0.4, -0.2) is 41.5 Å². The molecule has 1 aliphatic heterocycles. The first kappa shape index (κ1) is 25.0. The fraction of sp³-hybridized carbons (Fsp3) is 0.241. The molecule has 1 atom stereocenters. The minimum Gasteiger partial charge on any atom is -0.493 e. The Kier molecular flexibility index (Phi) is 6.59. The lowest BCUT2D eigenvalue weighted by molar-refractivity contribution is -0.135. The highest BCUT2D eigenvalue weighted by molar-refractivity contribution is 5.90. The molecular formula is C29H26O9. The zero-order chi connectivity index (χ0) is 27.0. The van der Waals surface area contributed by atoms with Crippen LogP contribution >= 0.6 is 0 Å². The maximum absolute atomic E-state index is 13.7. The number of rotatable bonds is 7. The molecule has 0 amide bonds. The molecule has 2 heterocycles. The van der Waals surface area contributed by atoms with Gasteiger partial charge in [-0.25, -0.2) is 0 Å². The van der Waals surface area contributed by atoms with Gasteiger partial charge in [-0.3, -0.25) is 9.59 Å². The topological polar surface area (TPSA) is 103 Å². The number of fused-ring (bicyclic) bond motifs is 3. The first-order valence-electron chi connectivity index (χ1n) is 11.7. The molecule has 0 saturated heterocycles. The molecule has 0 unspecified atom stereocenters. The number of hydrogen-bond donors (Lipinski definition) is 0. The summed E-state index contributed by atoms with van der Waals surface area (Å²) < 4.78 is 38.8. The Balaban J connectivity index is 1.70. The Bertz CT molecular complexity index is 1580. The van der Waals surface area contributed by atoms with Crippen molar-refractivity contribution in [2.24, 2.45) is 0 Å². The fourth-order valence-corrected chi connectivity index (χ4v) is 4.85. The summed E-state index contributed by atoms with van der Waals surface area (Å²) in [5.41, 5.74) is 2.38. The molecule has 38 heavy (non-hydrogen) atoms. The molecule has 196 valence electrons. The molecule has 0 N–H and O–H groups in total. The number of hydrogen-bond acceptors (Lipinski definition) is 9. The third kappa shape index (κ3) is 4.06.